The molecule has 2 aliphatic rings. The van der Waals surface area contributed by atoms with Crippen molar-refractivity contribution in [2.75, 3.05) is 0 Å². The molecule has 0 aliphatic heterocycles. The molecule has 6 rings (SSSR count). The molecule has 0 saturated heterocycles. The molecule has 0 amide bonds. The first-order chi connectivity index (χ1) is 17.0. The van der Waals surface area contributed by atoms with Gasteiger partial charge < -0.3 is 0 Å². The average molecular weight is 671 g/mol. The van der Waals surface area contributed by atoms with Gasteiger partial charge in [0.25, 0.3) is 0 Å². The van der Waals surface area contributed by atoms with Crippen LogP contribution in [0.2, 0.25) is 39.3 Å². The quantitative estimate of drug-likeness (QED) is 0.170. The summed E-state index contributed by atoms with van der Waals surface area (Å²) in [5.74, 6) is 0. The molecule has 198 valence electrons. The van der Waals surface area contributed by atoms with E-state index in [2.05, 4.69) is 131 Å². The summed E-state index contributed by atoms with van der Waals surface area (Å²) in [6.45, 7) is 19.1. The summed E-state index contributed by atoms with van der Waals surface area (Å²) in [4.78, 5) is 0. The number of hydrogen-bond acceptors (Lipinski definition) is 0. The molecule has 0 nitrogen and oxygen atoms in total. The van der Waals surface area contributed by atoms with Gasteiger partial charge in [-0.3, -0.25) is 0 Å². The maximum absolute atomic E-state index is 3.89. The SMILES string of the molecule is C[Si](C)(C)[Zr](=[SiH2])([c]1cccc2c1Cc1ccccc1-2)([c]1cccc2c1Cc1ccccc1-2)[Si](C)(C)C.Cl.Cl. The summed E-state index contributed by atoms with van der Waals surface area (Å²) in [6, 6.07) is 33.2. The van der Waals surface area contributed by atoms with Crippen molar-refractivity contribution in [3.8, 4) is 22.3 Å². The number of rotatable bonds is 4. The second-order valence-corrected chi connectivity index (χ2v) is 87.0. The smallest absolute Gasteiger partial charge is 0.147 e. The van der Waals surface area contributed by atoms with E-state index in [1.807, 2.05) is 6.54 Å². The third-order valence-electron chi connectivity index (χ3n) is 10.2. The fourth-order valence-corrected chi connectivity index (χ4v) is 111. The topological polar surface area (TPSA) is 0 Å². The van der Waals surface area contributed by atoms with Crippen LogP contribution in [0.4, 0.5) is 0 Å². The third kappa shape index (κ3) is 3.67. The molecule has 6 heteroatoms. The molecule has 4 aromatic carbocycles. The van der Waals surface area contributed by atoms with Gasteiger partial charge in [0.05, 0.1) is 0 Å². The van der Waals surface area contributed by atoms with E-state index in [9.17, 15) is 0 Å². The van der Waals surface area contributed by atoms with Gasteiger partial charge in [0.1, 0.15) is 0 Å². The summed E-state index contributed by atoms with van der Waals surface area (Å²) in [5.41, 5.74) is 12.4. The minimum atomic E-state index is -3.89. The average Bonchev–Trinajstić information content (AvgIpc) is 3.40. The van der Waals surface area contributed by atoms with E-state index in [1.54, 1.807) is 11.1 Å². The molecule has 2 aliphatic carbocycles. The van der Waals surface area contributed by atoms with Crippen molar-refractivity contribution in [1.29, 1.82) is 0 Å². The van der Waals surface area contributed by atoms with Crippen LogP contribution in [0.3, 0.4) is 0 Å². The molecule has 0 radical (unpaired) electrons. The first kappa shape index (κ1) is 30.0. The minimum Gasteiger partial charge on any atom is -0.147 e. The standard InChI is InChI=1S/2C13H9.2C3H9Si.2ClH.H2Si.Zr/c2*1-3-7-12-10(5-1)9-11-6-2-4-8-13(11)12;2*1-4(2)3;;;;/h2*1-5,7-8H,9H2;2*1-3H3;2*1H;1H2;. The molecule has 0 aromatic heterocycles. The minimum absolute atomic E-state index is 0. The first-order valence-corrected chi connectivity index (χ1v) is 36.2. The van der Waals surface area contributed by atoms with Crippen LogP contribution in [-0.2, 0) is 28.6 Å². The Morgan fingerprint density at radius 2 is 0.842 bits per heavy atom. The third-order valence-corrected chi connectivity index (χ3v) is 149. The number of fused-ring (bicyclic) bond motifs is 6. The molecule has 0 atom stereocenters. The van der Waals surface area contributed by atoms with E-state index in [4.69, 9.17) is 0 Å². The summed E-state index contributed by atoms with van der Waals surface area (Å²) in [6.07, 6.45) is 2.21. The van der Waals surface area contributed by atoms with Crippen LogP contribution in [0, 0.1) is 0 Å². The molecule has 0 fully saturated rings. The van der Waals surface area contributed by atoms with E-state index < -0.39 is 26.1 Å². The molecule has 0 bridgehead atoms. The van der Waals surface area contributed by atoms with Crippen LogP contribution >= 0.6 is 24.8 Å². The van der Waals surface area contributed by atoms with Crippen molar-refractivity contribution in [2.24, 2.45) is 0 Å². The van der Waals surface area contributed by atoms with E-state index in [1.165, 1.54) is 33.4 Å². The number of halogens is 2. The van der Waals surface area contributed by atoms with Gasteiger partial charge in [-0.1, -0.05) is 0 Å². The van der Waals surface area contributed by atoms with Crippen LogP contribution < -0.4 is 6.54 Å². The molecule has 0 spiro atoms. The Bertz CT molecular complexity index is 1510. The Balaban J connectivity index is 0.00000168. The maximum atomic E-state index is 2.74. The maximum Gasteiger partial charge on any atom is -0.147 e. The van der Waals surface area contributed by atoms with Crippen LogP contribution in [0.15, 0.2) is 84.9 Å². The predicted molar refractivity (Wildman–Crippen MR) is 178 cm³/mol. The summed E-state index contributed by atoms with van der Waals surface area (Å²) >= 11 is -3.89. The fraction of sp³-hybridized carbons (Fsp3) is 0.250. The molecule has 0 heterocycles. The summed E-state index contributed by atoms with van der Waals surface area (Å²) in [5, 5.41) is -3.37. The molecule has 0 unspecified atom stereocenters. The predicted octanol–water partition coefficient (Wildman–Crippen LogP) is 7.53. The van der Waals surface area contributed by atoms with Crippen molar-refractivity contribution in [2.45, 2.75) is 52.1 Å². The molecular formula is C32H40Cl2Si3Zr. The van der Waals surface area contributed by atoms with Gasteiger partial charge in [0, 0.05) is 0 Å². The summed E-state index contributed by atoms with van der Waals surface area (Å²) < 4.78 is 3.68. The Kier molecular flexibility index (Phi) is 7.74. The van der Waals surface area contributed by atoms with Gasteiger partial charge in [-0.15, -0.1) is 24.8 Å². The number of benzene rings is 4. The zero-order valence-electron chi connectivity index (χ0n) is 23.5. The van der Waals surface area contributed by atoms with Crippen LogP contribution in [0.5, 0.6) is 0 Å². The fourth-order valence-electron chi connectivity index (χ4n) is 8.23. The van der Waals surface area contributed by atoms with Gasteiger partial charge in [-0.05, 0) is 0 Å². The van der Waals surface area contributed by atoms with Gasteiger partial charge in [-0.25, -0.2) is 0 Å². The Labute approximate surface area is 243 Å². The van der Waals surface area contributed by atoms with Crippen LogP contribution in [-0.4, -0.2) is 17.3 Å². The molecule has 0 N–H and O–H groups in total. The first-order valence-electron chi connectivity index (χ1n) is 13.4. The molecule has 38 heavy (non-hydrogen) atoms. The second kappa shape index (κ2) is 9.82. The van der Waals surface area contributed by atoms with Crippen molar-refractivity contribution < 1.29 is 15.7 Å². The number of hydrogen-bond donors (Lipinski definition) is 0. The van der Waals surface area contributed by atoms with E-state index >= 15 is 0 Å². The Hall–Kier alpha value is -1.01. The van der Waals surface area contributed by atoms with Crippen molar-refractivity contribution in [1.82, 2.24) is 0 Å². The Morgan fingerprint density at radius 1 is 0.500 bits per heavy atom. The Morgan fingerprint density at radius 3 is 1.21 bits per heavy atom. The monoisotopic (exact) mass is 668 g/mol. The van der Waals surface area contributed by atoms with Gasteiger partial charge in [0.15, 0.2) is 0 Å². The van der Waals surface area contributed by atoms with Crippen LogP contribution in [0.1, 0.15) is 22.3 Å². The van der Waals surface area contributed by atoms with Gasteiger partial charge in [-0.2, -0.15) is 0 Å². The second-order valence-electron chi connectivity index (χ2n) is 13.3. The zero-order chi connectivity index (χ0) is 25.5. The normalized spacial score (nSPS) is 14.0. The van der Waals surface area contributed by atoms with E-state index in [-0.39, 0.29) is 24.8 Å². The van der Waals surface area contributed by atoms with Crippen molar-refractivity contribution >= 4 is 48.6 Å². The molecular weight excluding hydrogens is 631 g/mol. The molecule has 0 saturated carbocycles. The van der Waals surface area contributed by atoms with Gasteiger partial charge in [0.2, 0.25) is 0 Å². The molecule has 4 aromatic rings. The van der Waals surface area contributed by atoms with E-state index in [0.717, 1.165) is 12.8 Å². The van der Waals surface area contributed by atoms with E-state index in [0.29, 0.717) is 0 Å². The van der Waals surface area contributed by atoms with Gasteiger partial charge >= 0.3 is 221 Å². The van der Waals surface area contributed by atoms with Crippen LogP contribution in [0.25, 0.3) is 22.3 Å². The van der Waals surface area contributed by atoms with Crippen molar-refractivity contribution in [3.63, 3.8) is 0 Å². The summed E-state index contributed by atoms with van der Waals surface area (Å²) in [7, 11) is 0. The zero-order valence-corrected chi connectivity index (χ0v) is 31.0. The van der Waals surface area contributed by atoms with Crippen molar-refractivity contribution in [3.05, 3.63) is 107 Å². The largest absolute Gasteiger partial charge is 0.147 e.